The number of ether oxygens (including phenoxy) is 4. The molecule has 0 aliphatic rings. The highest BCUT2D eigenvalue weighted by Crippen LogP contribution is 2.37. The number of hydrogen-bond acceptors (Lipinski definition) is 8. The molecule has 0 spiro atoms. The molecule has 0 saturated carbocycles. The molecule has 10 nitrogen and oxygen atoms in total. The second-order valence-corrected chi connectivity index (χ2v) is 7.92. The van der Waals surface area contributed by atoms with Crippen molar-refractivity contribution in [2.45, 2.75) is 6.10 Å². The van der Waals surface area contributed by atoms with Gasteiger partial charge in [-0.1, -0.05) is 48.5 Å². The van der Waals surface area contributed by atoms with Gasteiger partial charge in [0, 0.05) is 11.1 Å². The molecule has 4 rings (SSSR count). The van der Waals surface area contributed by atoms with E-state index in [0.29, 0.717) is 16.8 Å². The zero-order valence-electron chi connectivity index (χ0n) is 20.8. The molecule has 10 heteroatoms. The highest BCUT2D eigenvalue weighted by atomic mass is 16.5. The first-order valence-electron chi connectivity index (χ1n) is 11.4. The van der Waals surface area contributed by atoms with Crippen molar-refractivity contribution in [1.29, 1.82) is 0 Å². The van der Waals surface area contributed by atoms with Crippen LogP contribution >= 0.6 is 0 Å². The van der Waals surface area contributed by atoms with E-state index >= 15 is 0 Å². The number of carbonyl (C=O) groups is 3. The maximum absolute atomic E-state index is 12.9. The van der Waals surface area contributed by atoms with Crippen LogP contribution in [0.4, 0.5) is 0 Å². The molecule has 194 valence electrons. The van der Waals surface area contributed by atoms with E-state index < -0.39 is 24.0 Å². The number of carboxylic acid groups (broad SMARTS) is 1. The molecule has 0 radical (unpaired) electrons. The molecule has 4 aromatic rings. The fourth-order valence-corrected chi connectivity index (χ4v) is 3.89. The van der Waals surface area contributed by atoms with Gasteiger partial charge in [-0.3, -0.25) is 0 Å². The maximum Gasteiger partial charge on any atom is 0.357 e. The van der Waals surface area contributed by atoms with E-state index in [1.165, 1.54) is 32.1 Å². The Bertz CT molecular complexity index is 1470. The van der Waals surface area contributed by atoms with E-state index in [-0.39, 0.29) is 28.5 Å². The normalized spacial score (nSPS) is 11.3. The van der Waals surface area contributed by atoms with Crippen LogP contribution in [0.25, 0.3) is 16.9 Å². The molecule has 0 amide bonds. The molecule has 1 aromatic heterocycles. The van der Waals surface area contributed by atoms with Crippen LogP contribution in [-0.4, -0.2) is 54.1 Å². The predicted molar refractivity (Wildman–Crippen MR) is 136 cm³/mol. The summed E-state index contributed by atoms with van der Waals surface area (Å²) in [6.45, 7) is 0. The first-order valence-corrected chi connectivity index (χ1v) is 11.4. The standard InChI is InChI=1S/C28H24N2O8/c1-35-20-15-14-18(16-21(20)38-25(26(31)32)17-10-6-4-7-11-17)23-22(27(33)36-2)24(28(34)37-3)30(29-23)19-12-8-5-9-13-19/h4-16,25H,1-3H3,(H,31,32). The van der Waals surface area contributed by atoms with Crippen molar-refractivity contribution < 1.29 is 38.4 Å². The minimum Gasteiger partial charge on any atom is -0.493 e. The molecule has 3 aromatic carbocycles. The SMILES string of the molecule is COC(=O)c1c(-c2ccc(OC)c(OC(C(=O)O)c3ccccc3)c2)nn(-c2ccccc2)c1C(=O)OC. The third-order valence-corrected chi connectivity index (χ3v) is 5.66. The van der Waals surface area contributed by atoms with Crippen LogP contribution in [0.3, 0.4) is 0 Å². The number of benzene rings is 3. The lowest BCUT2D eigenvalue weighted by Gasteiger charge is -2.18. The van der Waals surface area contributed by atoms with E-state index in [1.54, 1.807) is 72.8 Å². The summed E-state index contributed by atoms with van der Waals surface area (Å²) < 4.78 is 22.5. The van der Waals surface area contributed by atoms with Crippen molar-refractivity contribution in [3.63, 3.8) is 0 Å². The van der Waals surface area contributed by atoms with Gasteiger partial charge in [0.2, 0.25) is 6.10 Å². The summed E-state index contributed by atoms with van der Waals surface area (Å²) in [5.41, 5.74) is 1.11. The number of para-hydroxylation sites is 1. The second kappa shape index (κ2) is 11.3. The summed E-state index contributed by atoms with van der Waals surface area (Å²) in [6.07, 6.45) is -1.34. The molecule has 0 aliphatic heterocycles. The van der Waals surface area contributed by atoms with Gasteiger partial charge in [0.15, 0.2) is 17.2 Å². The predicted octanol–water partition coefficient (Wildman–Crippen LogP) is 4.33. The maximum atomic E-state index is 12.9. The lowest BCUT2D eigenvalue weighted by Crippen LogP contribution is -2.18. The molecule has 1 atom stereocenters. The van der Waals surface area contributed by atoms with Gasteiger partial charge in [0.25, 0.3) is 0 Å². The summed E-state index contributed by atoms with van der Waals surface area (Å²) >= 11 is 0. The molecule has 0 fully saturated rings. The van der Waals surface area contributed by atoms with Gasteiger partial charge in [-0.15, -0.1) is 0 Å². The average Bonchev–Trinajstić information content (AvgIpc) is 3.36. The second-order valence-electron chi connectivity index (χ2n) is 7.92. The summed E-state index contributed by atoms with van der Waals surface area (Å²) in [5, 5.41) is 14.4. The molecule has 1 N–H and O–H groups in total. The Kier molecular flexibility index (Phi) is 7.72. The Balaban J connectivity index is 1.91. The van der Waals surface area contributed by atoms with Gasteiger partial charge < -0.3 is 24.1 Å². The number of aliphatic carboxylic acids is 1. The molecule has 38 heavy (non-hydrogen) atoms. The number of aromatic nitrogens is 2. The lowest BCUT2D eigenvalue weighted by atomic mass is 10.0. The van der Waals surface area contributed by atoms with Crippen LogP contribution in [0.2, 0.25) is 0 Å². The van der Waals surface area contributed by atoms with Gasteiger partial charge in [0.05, 0.1) is 27.0 Å². The third kappa shape index (κ3) is 5.05. The Morgan fingerprint density at radius 3 is 2.03 bits per heavy atom. The lowest BCUT2D eigenvalue weighted by molar-refractivity contribution is -0.145. The monoisotopic (exact) mass is 516 g/mol. The zero-order valence-corrected chi connectivity index (χ0v) is 20.8. The van der Waals surface area contributed by atoms with E-state index in [4.69, 9.17) is 18.9 Å². The van der Waals surface area contributed by atoms with Crippen LogP contribution in [0.1, 0.15) is 32.5 Å². The van der Waals surface area contributed by atoms with Crippen molar-refractivity contribution in [3.8, 4) is 28.4 Å². The van der Waals surface area contributed by atoms with Crippen LogP contribution in [0, 0.1) is 0 Å². The Labute approximate surface area is 217 Å². The zero-order chi connectivity index (χ0) is 27.2. The van der Waals surface area contributed by atoms with Crippen LogP contribution in [0.15, 0.2) is 78.9 Å². The van der Waals surface area contributed by atoms with Gasteiger partial charge >= 0.3 is 17.9 Å². The fraction of sp³-hybridized carbons (Fsp3) is 0.143. The van der Waals surface area contributed by atoms with Gasteiger partial charge in [-0.25, -0.2) is 19.1 Å². The first-order chi connectivity index (χ1) is 18.4. The number of methoxy groups -OCH3 is 3. The van der Waals surface area contributed by atoms with Gasteiger partial charge in [0.1, 0.15) is 11.3 Å². The van der Waals surface area contributed by atoms with Crippen molar-refractivity contribution >= 4 is 17.9 Å². The number of nitrogens with zero attached hydrogens (tertiary/aromatic N) is 2. The Morgan fingerprint density at radius 1 is 0.816 bits per heavy atom. The van der Waals surface area contributed by atoms with Crippen molar-refractivity contribution in [3.05, 3.63) is 95.7 Å². The van der Waals surface area contributed by atoms with Crippen molar-refractivity contribution in [2.24, 2.45) is 0 Å². The minimum absolute atomic E-state index is 0.0888. The highest BCUT2D eigenvalue weighted by molar-refractivity contribution is 6.07. The topological polar surface area (TPSA) is 126 Å². The number of carboxylic acids is 1. The number of rotatable bonds is 9. The van der Waals surface area contributed by atoms with Crippen LogP contribution in [0.5, 0.6) is 11.5 Å². The summed E-state index contributed by atoms with van der Waals surface area (Å²) in [5.74, 6) is -2.47. The summed E-state index contributed by atoms with van der Waals surface area (Å²) in [6, 6.07) is 21.8. The molecule has 1 unspecified atom stereocenters. The average molecular weight is 517 g/mol. The summed E-state index contributed by atoms with van der Waals surface area (Å²) in [7, 11) is 3.80. The third-order valence-electron chi connectivity index (χ3n) is 5.66. The quantitative estimate of drug-likeness (QED) is 0.324. The fourth-order valence-electron chi connectivity index (χ4n) is 3.89. The molecular formula is C28H24N2O8. The Hall–Kier alpha value is -5.12. The molecule has 0 saturated heterocycles. The highest BCUT2D eigenvalue weighted by Gasteiger charge is 2.32. The molecule has 1 heterocycles. The first kappa shape index (κ1) is 26.0. The van der Waals surface area contributed by atoms with E-state index in [0.717, 1.165) is 0 Å². The van der Waals surface area contributed by atoms with E-state index in [9.17, 15) is 19.5 Å². The molecule has 0 bridgehead atoms. The number of esters is 2. The van der Waals surface area contributed by atoms with Crippen LogP contribution in [-0.2, 0) is 14.3 Å². The largest absolute Gasteiger partial charge is 0.493 e. The molecular weight excluding hydrogens is 492 g/mol. The number of carbonyl (C=O) groups excluding carboxylic acids is 2. The summed E-state index contributed by atoms with van der Waals surface area (Å²) in [4.78, 5) is 37.8. The van der Waals surface area contributed by atoms with E-state index in [2.05, 4.69) is 5.10 Å². The number of hydrogen-bond donors (Lipinski definition) is 1. The van der Waals surface area contributed by atoms with Gasteiger partial charge in [-0.2, -0.15) is 5.10 Å². The molecule has 0 aliphatic carbocycles. The van der Waals surface area contributed by atoms with Gasteiger partial charge in [-0.05, 0) is 30.3 Å². The van der Waals surface area contributed by atoms with Crippen LogP contribution < -0.4 is 9.47 Å². The smallest absolute Gasteiger partial charge is 0.357 e. The minimum atomic E-state index is -1.34. The van der Waals surface area contributed by atoms with E-state index in [1.807, 2.05) is 0 Å². The Morgan fingerprint density at radius 2 is 1.45 bits per heavy atom. The van der Waals surface area contributed by atoms with Crippen molar-refractivity contribution in [2.75, 3.05) is 21.3 Å². The van der Waals surface area contributed by atoms with Crippen molar-refractivity contribution in [1.82, 2.24) is 9.78 Å².